The van der Waals surface area contributed by atoms with Gasteiger partial charge in [0.05, 0.1) is 18.7 Å². The lowest BCUT2D eigenvalue weighted by Gasteiger charge is -2.29. The Labute approximate surface area is 135 Å². The lowest BCUT2D eigenvalue weighted by atomic mass is 9.92. The van der Waals surface area contributed by atoms with Crippen molar-refractivity contribution in [3.05, 3.63) is 35.6 Å². The van der Waals surface area contributed by atoms with Crippen molar-refractivity contribution in [3.8, 4) is 0 Å². The van der Waals surface area contributed by atoms with Crippen molar-refractivity contribution >= 4 is 6.03 Å². The molecule has 1 aromatic rings. The van der Waals surface area contributed by atoms with Crippen molar-refractivity contribution in [1.29, 1.82) is 0 Å². The lowest BCUT2D eigenvalue weighted by Crippen LogP contribution is -2.45. The first-order chi connectivity index (χ1) is 11.1. The van der Waals surface area contributed by atoms with E-state index in [1.165, 1.54) is 12.1 Å². The molecule has 2 rings (SSSR count). The second kappa shape index (κ2) is 8.24. The van der Waals surface area contributed by atoms with E-state index in [1.54, 1.807) is 19.2 Å². The number of halogens is 1. The highest BCUT2D eigenvalue weighted by Gasteiger charge is 2.42. The number of primary amides is 1. The predicted octanol–water partition coefficient (Wildman–Crippen LogP) is 0.864. The van der Waals surface area contributed by atoms with Crippen LogP contribution < -0.4 is 11.1 Å². The number of aliphatic hydroxyl groups is 1. The summed E-state index contributed by atoms with van der Waals surface area (Å²) in [6.07, 6.45) is 0.562. The van der Waals surface area contributed by atoms with Crippen molar-refractivity contribution in [2.45, 2.75) is 18.5 Å². The van der Waals surface area contributed by atoms with E-state index in [9.17, 15) is 14.3 Å². The monoisotopic (exact) mass is 325 g/mol. The Morgan fingerprint density at radius 1 is 1.48 bits per heavy atom. The van der Waals surface area contributed by atoms with Gasteiger partial charge >= 0.3 is 6.03 Å². The lowest BCUT2D eigenvalue weighted by molar-refractivity contribution is 0.136. The number of urea groups is 1. The second-order valence-corrected chi connectivity index (χ2v) is 5.79. The van der Waals surface area contributed by atoms with Gasteiger partial charge in [0.1, 0.15) is 5.82 Å². The summed E-state index contributed by atoms with van der Waals surface area (Å²) < 4.78 is 18.4. The van der Waals surface area contributed by atoms with Gasteiger partial charge in [-0.25, -0.2) is 9.18 Å². The average molecular weight is 325 g/mol. The number of aliphatic hydroxyl groups excluding tert-OH is 1. The number of nitrogens with zero attached hydrogens (tertiary/aromatic N) is 1. The number of carbonyl (C=O) groups excluding carboxylic acids is 1. The molecule has 2 amide bonds. The summed E-state index contributed by atoms with van der Waals surface area (Å²) in [6, 6.07) is 5.29. The molecule has 0 bridgehead atoms. The van der Waals surface area contributed by atoms with E-state index >= 15 is 0 Å². The third-order valence-electron chi connectivity index (χ3n) is 4.31. The molecule has 23 heavy (non-hydrogen) atoms. The highest BCUT2D eigenvalue weighted by molar-refractivity contribution is 5.72. The van der Waals surface area contributed by atoms with Crippen LogP contribution in [-0.4, -0.2) is 55.5 Å². The van der Waals surface area contributed by atoms with E-state index in [1.807, 2.05) is 0 Å². The molecular weight excluding hydrogens is 301 g/mol. The molecule has 7 heteroatoms. The Bertz CT molecular complexity index is 512. The van der Waals surface area contributed by atoms with Crippen LogP contribution in [0, 0.1) is 11.7 Å². The Hall–Kier alpha value is -1.70. The Morgan fingerprint density at radius 3 is 2.74 bits per heavy atom. The minimum absolute atomic E-state index is 0.0376. The molecule has 6 nitrogen and oxygen atoms in total. The molecule has 1 aromatic carbocycles. The molecule has 1 saturated heterocycles. The van der Waals surface area contributed by atoms with Crippen molar-refractivity contribution in [1.82, 2.24) is 10.2 Å². The minimum Gasteiger partial charge on any atom is -0.396 e. The number of likely N-dealkylation sites (tertiary alicyclic amines) is 1. The second-order valence-electron chi connectivity index (χ2n) is 5.79. The van der Waals surface area contributed by atoms with Gasteiger partial charge in [-0.2, -0.15) is 0 Å². The molecule has 4 N–H and O–H groups in total. The van der Waals surface area contributed by atoms with Gasteiger partial charge in [-0.3, -0.25) is 4.90 Å². The van der Waals surface area contributed by atoms with Crippen molar-refractivity contribution in [2.24, 2.45) is 11.7 Å². The maximum atomic E-state index is 13.2. The Morgan fingerprint density at radius 2 is 2.17 bits per heavy atom. The zero-order chi connectivity index (χ0) is 16.8. The quantitative estimate of drug-likeness (QED) is 0.694. The molecule has 1 unspecified atom stereocenters. The summed E-state index contributed by atoms with van der Waals surface area (Å²) in [6.45, 7) is 1.97. The van der Waals surface area contributed by atoms with Gasteiger partial charge < -0.3 is 20.9 Å². The standard InChI is InChI=1S/C16H24FN3O3/c1-23-9-7-20-10-12(6-8-21)14(19-16(18)22)15(20)11-2-4-13(17)5-3-11/h2-5,12,14-15,21H,6-10H2,1H3,(H3,18,19,22)/t12-,14+,15?/m1/s1. The molecule has 1 fully saturated rings. The summed E-state index contributed by atoms with van der Waals surface area (Å²) in [5.41, 5.74) is 6.23. The van der Waals surface area contributed by atoms with E-state index in [0.29, 0.717) is 26.1 Å². The van der Waals surface area contributed by atoms with E-state index < -0.39 is 6.03 Å². The number of amides is 2. The molecule has 1 aliphatic rings. The number of nitrogens with one attached hydrogen (secondary N) is 1. The summed E-state index contributed by atoms with van der Waals surface area (Å²) in [5, 5.41) is 12.1. The average Bonchev–Trinajstić information content (AvgIpc) is 2.83. The fraction of sp³-hybridized carbons (Fsp3) is 0.562. The number of methoxy groups -OCH3 is 1. The first-order valence-electron chi connectivity index (χ1n) is 7.72. The molecule has 1 heterocycles. The van der Waals surface area contributed by atoms with E-state index in [0.717, 1.165) is 5.56 Å². The first-order valence-corrected chi connectivity index (χ1v) is 7.72. The van der Waals surface area contributed by atoms with Crippen LogP contribution in [0.3, 0.4) is 0 Å². The smallest absolute Gasteiger partial charge is 0.312 e. The normalized spacial score (nSPS) is 24.7. The van der Waals surface area contributed by atoms with Crippen LogP contribution in [0.25, 0.3) is 0 Å². The number of rotatable bonds is 7. The van der Waals surface area contributed by atoms with Gasteiger partial charge in [-0.05, 0) is 30.0 Å². The van der Waals surface area contributed by atoms with Crippen LogP contribution >= 0.6 is 0 Å². The Kier molecular flexibility index (Phi) is 6.32. The summed E-state index contributed by atoms with van der Waals surface area (Å²) in [5.74, 6) is -0.235. The van der Waals surface area contributed by atoms with Crippen molar-refractivity contribution in [3.63, 3.8) is 0 Å². The molecule has 128 valence electrons. The van der Waals surface area contributed by atoms with Crippen molar-refractivity contribution in [2.75, 3.05) is 33.4 Å². The highest BCUT2D eigenvalue weighted by Crippen LogP contribution is 2.37. The van der Waals surface area contributed by atoms with Crippen LogP contribution in [0.2, 0.25) is 0 Å². The zero-order valence-electron chi connectivity index (χ0n) is 13.2. The predicted molar refractivity (Wildman–Crippen MR) is 84.3 cm³/mol. The minimum atomic E-state index is -0.598. The Balaban J connectivity index is 2.30. The largest absolute Gasteiger partial charge is 0.396 e. The molecule has 0 radical (unpaired) electrons. The van der Waals surface area contributed by atoms with E-state index in [-0.39, 0.29) is 30.4 Å². The van der Waals surface area contributed by atoms with Gasteiger partial charge in [0.25, 0.3) is 0 Å². The maximum absolute atomic E-state index is 13.2. The van der Waals surface area contributed by atoms with Crippen LogP contribution in [-0.2, 0) is 4.74 Å². The molecule has 0 aromatic heterocycles. The third-order valence-corrected chi connectivity index (χ3v) is 4.31. The van der Waals surface area contributed by atoms with Gasteiger partial charge in [0.2, 0.25) is 0 Å². The fourth-order valence-electron chi connectivity index (χ4n) is 3.33. The fourth-order valence-corrected chi connectivity index (χ4v) is 3.33. The maximum Gasteiger partial charge on any atom is 0.312 e. The molecule has 0 spiro atoms. The molecule has 1 aliphatic heterocycles. The van der Waals surface area contributed by atoms with Gasteiger partial charge in [0, 0.05) is 26.8 Å². The number of hydrogen-bond acceptors (Lipinski definition) is 4. The topological polar surface area (TPSA) is 87.8 Å². The highest BCUT2D eigenvalue weighted by atomic mass is 19.1. The van der Waals surface area contributed by atoms with E-state index in [4.69, 9.17) is 10.5 Å². The molecule has 3 atom stereocenters. The van der Waals surface area contributed by atoms with Crippen LogP contribution in [0.1, 0.15) is 18.0 Å². The number of benzene rings is 1. The number of carbonyl (C=O) groups is 1. The molecule has 0 aliphatic carbocycles. The molecular formula is C16H24FN3O3. The van der Waals surface area contributed by atoms with Gasteiger partial charge in [-0.15, -0.1) is 0 Å². The number of nitrogens with two attached hydrogens (primary N) is 1. The van der Waals surface area contributed by atoms with E-state index in [2.05, 4.69) is 10.2 Å². The zero-order valence-corrected chi connectivity index (χ0v) is 13.2. The van der Waals surface area contributed by atoms with Crippen LogP contribution in [0.15, 0.2) is 24.3 Å². The van der Waals surface area contributed by atoms with Crippen molar-refractivity contribution < 1.29 is 19.0 Å². The summed E-state index contributed by atoms with van der Waals surface area (Å²) >= 11 is 0. The summed E-state index contributed by atoms with van der Waals surface area (Å²) in [7, 11) is 1.63. The summed E-state index contributed by atoms with van der Waals surface area (Å²) in [4.78, 5) is 13.6. The first kappa shape index (κ1) is 17.7. The van der Waals surface area contributed by atoms with Gasteiger partial charge in [-0.1, -0.05) is 12.1 Å². The van der Waals surface area contributed by atoms with Gasteiger partial charge in [0.15, 0.2) is 0 Å². The van der Waals surface area contributed by atoms with Crippen LogP contribution in [0.5, 0.6) is 0 Å². The SMILES string of the molecule is COCCN1C[C@@H](CCO)[C@H](NC(N)=O)C1c1ccc(F)cc1. The number of hydrogen-bond donors (Lipinski definition) is 3. The third kappa shape index (κ3) is 4.40. The van der Waals surface area contributed by atoms with Crippen LogP contribution in [0.4, 0.5) is 9.18 Å². The molecule has 0 saturated carbocycles. The number of ether oxygens (including phenoxy) is 1.